The summed E-state index contributed by atoms with van der Waals surface area (Å²) in [6, 6.07) is 19.2. The Bertz CT molecular complexity index is 1220. The molecule has 0 radical (unpaired) electrons. The van der Waals surface area contributed by atoms with Crippen LogP contribution < -0.4 is 0 Å². The molecule has 138 valence electrons. The number of nitrogens with zero attached hydrogens (tertiary/aromatic N) is 4. The van der Waals surface area contributed by atoms with Gasteiger partial charge in [-0.2, -0.15) is 14.9 Å². The summed E-state index contributed by atoms with van der Waals surface area (Å²) >= 11 is 5.25. The number of aromatic nitrogens is 3. The molecule has 0 fully saturated rings. The third-order valence-electron chi connectivity index (χ3n) is 3.95. The molecule has 0 unspecified atom stereocenters. The number of nitro benzene ring substituents is 1. The largest absolute Gasteiger partial charge is 0.455 e. The van der Waals surface area contributed by atoms with Crippen molar-refractivity contribution < 1.29 is 9.34 Å². The minimum Gasteiger partial charge on any atom is -0.455 e. The third kappa shape index (κ3) is 3.51. The first-order valence-corrected chi connectivity index (χ1v) is 8.64. The number of hydrogen-bond acceptors (Lipinski definition) is 6. The summed E-state index contributed by atoms with van der Waals surface area (Å²) < 4.78 is 7.59. The maximum Gasteiger partial charge on any atom is 0.270 e. The predicted octanol–water partition coefficient (Wildman–Crippen LogP) is 4.66. The van der Waals surface area contributed by atoms with E-state index >= 15 is 0 Å². The number of nitrogens with one attached hydrogen (secondary N) is 1. The Hall–Kier alpha value is -3.85. The van der Waals surface area contributed by atoms with E-state index in [1.165, 1.54) is 23.0 Å². The lowest BCUT2D eigenvalue weighted by atomic mass is 10.1. The quantitative estimate of drug-likeness (QED) is 0.231. The highest BCUT2D eigenvalue weighted by atomic mass is 32.1. The topological polar surface area (TPSA) is 102 Å². The number of aromatic amines is 1. The van der Waals surface area contributed by atoms with E-state index in [1.807, 2.05) is 30.3 Å². The van der Waals surface area contributed by atoms with Gasteiger partial charge in [0.25, 0.3) is 5.69 Å². The highest BCUT2D eigenvalue weighted by molar-refractivity contribution is 7.71. The molecule has 9 heteroatoms. The smallest absolute Gasteiger partial charge is 0.270 e. The molecule has 4 aromatic rings. The minimum absolute atomic E-state index is 0.00122. The van der Waals surface area contributed by atoms with Crippen molar-refractivity contribution in [3.05, 3.63) is 87.4 Å². The molecule has 0 bridgehead atoms. The van der Waals surface area contributed by atoms with E-state index in [2.05, 4.69) is 15.3 Å². The fraction of sp³-hybridized carbons (Fsp3) is 0. The monoisotopic (exact) mass is 391 g/mol. The van der Waals surface area contributed by atoms with Crippen molar-refractivity contribution in [2.45, 2.75) is 0 Å². The highest BCUT2D eigenvalue weighted by Crippen LogP contribution is 2.25. The molecule has 2 aromatic heterocycles. The summed E-state index contributed by atoms with van der Waals surface area (Å²) in [5.41, 5.74) is 1.48. The fourth-order valence-corrected chi connectivity index (χ4v) is 2.82. The molecule has 0 atom stereocenters. The lowest BCUT2D eigenvalue weighted by molar-refractivity contribution is -0.384. The first-order chi connectivity index (χ1) is 13.6. The third-order valence-corrected chi connectivity index (χ3v) is 4.22. The molecule has 4 rings (SSSR count). The van der Waals surface area contributed by atoms with Crippen LogP contribution >= 0.6 is 12.2 Å². The molecule has 8 nitrogen and oxygen atoms in total. The van der Waals surface area contributed by atoms with E-state index in [9.17, 15) is 10.1 Å². The maximum absolute atomic E-state index is 10.9. The normalized spacial score (nSPS) is 11.1. The summed E-state index contributed by atoms with van der Waals surface area (Å²) in [7, 11) is 0. The molecule has 2 aromatic carbocycles. The molecule has 0 saturated heterocycles. The molecule has 0 aliphatic heterocycles. The van der Waals surface area contributed by atoms with Crippen molar-refractivity contribution in [1.82, 2.24) is 14.9 Å². The second-order valence-electron chi connectivity index (χ2n) is 5.78. The number of rotatable bonds is 5. The number of hydrogen-bond donors (Lipinski definition) is 1. The zero-order valence-electron chi connectivity index (χ0n) is 14.4. The number of non-ortho nitro benzene ring substituents is 1. The molecule has 28 heavy (non-hydrogen) atoms. The van der Waals surface area contributed by atoms with Gasteiger partial charge in [-0.3, -0.25) is 10.1 Å². The van der Waals surface area contributed by atoms with Crippen LogP contribution in [0.3, 0.4) is 0 Å². The zero-order chi connectivity index (χ0) is 19.5. The second-order valence-corrected chi connectivity index (χ2v) is 6.17. The van der Waals surface area contributed by atoms with Gasteiger partial charge >= 0.3 is 0 Å². The number of benzene rings is 2. The first kappa shape index (κ1) is 17.6. The average molecular weight is 391 g/mol. The van der Waals surface area contributed by atoms with Gasteiger partial charge in [-0.25, -0.2) is 5.10 Å². The lowest BCUT2D eigenvalue weighted by Crippen LogP contribution is -1.94. The molecular weight excluding hydrogens is 378 g/mol. The van der Waals surface area contributed by atoms with Crippen molar-refractivity contribution in [1.29, 1.82) is 0 Å². The van der Waals surface area contributed by atoms with Crippen LogP contribution in [0, 0.1) is 14.9 Å². The second kappa shape index (κ2) is 7.41. The van der Waals surface area contributed by atoms with Crippen LogP contribution in [0.15, 0.2) is 76.2 Å². The van der Waals surface area contributed by atoms with Crippen LogP contribution in [0.4, 0.5) is 5.69 Å². The summed E-state index contributed by atoms with van der Waals surface area (Å²) in [5.74, 6) is 1.56. The van der Waals surface area contributed by atoms with Gasteiger partial charge < -0.3 is 4.42 Å². The molecule has 2 heterocycles. The summed E-state index contributed by atoms with van der Waals surface area (Å²) in [4.78, 5) is 10.5. The van der Waals surface area contributed by atoms with Gasteiger partial charge in [-0.05, 0) is 24.4 Å². The van der Waals surface area contributed by atoms with Crippen LogP contribution in [0.2, 0.25) is 0 Å². The van der Waals surface area contributed by atoms with E-state index < -0.39 is 4.92 Å². The van der Waals surface area contributed by atoms with Gasteiger partial charge in [0, 0.05) is 23.3 Å². The van der Waals surface area contributed by atoms with E-state index in [-0.39, 0.29) is 5.69 Å². The van der Waals surface area contributed by atoms with Gasteiger partial charge in [0.15, 0.2) is 5.82 Å². The highest BCUT2D eigenvalue weighted by Gasteiger charge is 2.10. The van der Waals surface area contributed by atoms with Gasteiger partial charge in [-0.1, -0.05) is 42.5 Å². The summed E-state index contributed by atoms with van der Waals surface area (Å²) in [5, 5.41) is 22.2. The predicted molar refractivity (Wildman–Crippen MR) is 107 cm³/mol. The van der Waals surface area contributed by atoms with Crippen molar-refractivity contribution in [2.75, 3.05) is 0 Å². The van der Waals surface area contributed by atoms with Crippen molar-refractivity contribution >= 4 is 24.1 Å². The van der Waals surface area contributed by atoms with Gasteiger partial charge in [0.1, 0.15) is 11.5 Å². The van der Waals surface area contributed by atoms with Crippen LogP contribution in [0.1, 0.15) is 5.76 Å². The summed E-state index contributed by atoms with van der Waals surface area (Å²) in [6.45, 7) is 0. The molecule has 0 spiro atoms. The van der Waals surface area contributed by atoms with Gasteiger partial charge in [0.2, 0.25) is 4.77 Å². The minimum atomic E-state index is -0.444. The van der Waals surface area contributed by atoms with Crippen LogP contribution in [0.25, 0.3) is 22.7 Å². The number of H-pyrrole nitrogens is 1. The van der Waals surface area contributed by atoms with Crippen LogP contribution in [0.5, 0.6) is 0 Å². The van der Waals surface area contributed by atoms with E-state index in [1.54, 1.807) is 24.3 Å². The SMILES string of the molecule is O=[N+]([O-])c1cccc(-c2ccc(/C=N\n3c(-c4ccccc4)n[nH]c3=S)o2)c1. The Labute approximate surface area is 163 Å². The van der Waals surface area contributed by atoms with Gasteiger partial charge in [0.05, 0.1) is 11.1 Å². The number of furan rings is 1. The van der Waals surface area contributed by atoms with Crippen LogP contribution in [-0.4, -0.2) is 26.0 Å². The number of nitro groups is 1. The van der Waals surface area contributed by atoms with Crippen molar-refractivity contribution in [3.63, 3.8) is 0 Å². The summed E-state index contributed by atoms with van der Waals surface area (Å²) in [6.07, 6.45) is 1.51. The Morgan fingerprint density at radius 2 is 1.89 bits per heavy atom. The molecule has 0 aliphatic carbocycles. The zero-order valence-corrected chi connectivity index (χ0v) is 15.2. The molecule has 0 saturated carbocycles. The Morgan fingerprint density at radius 1 is 1.11 bits per heavy atom. The van der Waals surface area contributed by atoms with Gasteiger partial charge in [-0.15, -0.1) is 0 Å². The first-order valence-electron chi connectivity index (χ1n) is 8.24. The lowest BCUT2D eigenvalue weighted by Gasteiger charge is -2.00. The Morgan fingerprint density at radius 3 is 2.68 bits per heavy atom. The average Bonchev–Trinajstić information content (AvgIpc) is 3.34. The fourth-order valence-electron chi connectivity index (χ4n) is 2.64. The van der Waals surface area contributed by atoms with E-state index in [0.717, 1.165) is 5.56 Å². The standard InChI is InChI=1S/C19H13N5O3S/c25-24(26)15-8-4-7-14(11-15)17-10-9-16(27-17)12-20-23-18(21-22-19(23)28)13-5-2-1-3-6-13/h1-12H,(H,22,28)/b20-12-. The van der Waals surface area contributed by atoms with Crippen LogP contribution in [-0.2, 0) is 0 Å². The van der Waals surface area contributed by atoms with Crippen molar-refractivity contribution in [3.8, 4) is 22.7 Å². The van der Waals surface area contributed by atoms with E-state index in [0.29, 0.717) is 27.7 Å². The molecule has 0 aliphatic rings. The molecular formula is C19H13N5O3S. The molecule has 1 N–H and O–H groups in total. The van der Waals surface area contributed by atoms with Crippen molar-refractivity contribution in [2.24, 2.45) is 5.10 Å². The molecule has 0 amide bonds. The maximum atomic E-state index is 10.9. The Kier molecular flexibility index (Phi) is 4.65. The van der Waals surface area contributed by atoms with E-state index in [4.69, 9.17) is 16.6 Å². The Balaban J connectivity index is 1.63.